The first-order valence-corrected chi connectivity index (χ1v) is 8.31. The van der Waals surface area contributed by atoms with Crippen LogP contribution in [0.5, 0.6) is 0 Å². The molecule has 0 saturated carbocycles. The largest absolute Gasteiger partial charge is 0.392 e. The minimum Gasteiger partial charge on any atom is -0.392 e. The SMILES string of the molecule is O=S(=O)(c1ccc2c(c1)CCC2)N1CCC[C@H](O)C1. The van der Waals surface area contributed by atoms with E-state index in [2.05, 4.69) is 0 Å². The summed E-state index contributed by atoms with van der Waals surface area (Å²) >= 11 is 0. The van der Waals surface area contributed by atoms with E-state index in [1.54, 1.807) is 6.07 Å². The fourth-order valence-electron chi connectivity index (χ4n) is 3.00. The third kappa shape index (κ3) is 2.42. The van der Waals surface area contributed by atoms with Gasteiger partial charge < -0.3 is 5.11 Å². The molecule has 0 amide bonds. The number of aryl methyl sites for hydroxylation is 2. The molecule has 1 aromatic rings. The number of hydrogen-bond donors (Lipinski definition) is 1. The Labute approximate surface area is 114 Å². The summed E-state index contributed by atoms with van der Waals surface area (Å²) in [6, 6.07) is 5.47. The van der Waals surface area contributed by atoms with Crippen molar-refractivity contribution in [1.29, 1.82) is 0 Å². The van der Waals surface area contributed by atoms with Crippen molar-refractivity contribution in [3.05, 3.63) is 29.3 Å². The Bertz CT molecular complexity index is 582. The van der Waals surface area contributed by atoms with Crippen LogP contribution in [0.1, 0.15) is 30.4 Å². The number of β-amino-alcohol motifs (C(OH)–C–C–N with tert-alkyl or cyclic N) is 1. The van der Waals surface area contributed by atoms with Gasteiger partial charge in [0.2, 0.25) is 10.0 Å². The Morgan fingerprint density at radius 1 is 1.16 bits per heavy atom. The molecule has 1 fully saturated rings. The van der Waals surface area contributed by atoms with Crippen LogP contribution in [0.3, 0.4) is 0 Å². The highest BCUT2D eigenvalue weighted by atomic mass is 32.2. The van der Waals surface area contributed by atoms with Crippen LogP contribution in [0.15, 0.2) is 23.1 Å². The van der Waals surface area contributed by atoms with Crippen LogP contribution < -0.4 is 0 Å². The second kappa shape index (κ2) is 4.89. The number of nitrogens with zero attached hydrogens (tertiary/aromatic N) is 1. The maximum Gasteiger partial charge on any atom is 0.243 e. The van der Waals surface area contributed by atoms with Crippen molar-refractivity contribution in [3.63, 3.8) is 0 Å². The number of aliphatic hydroxyl groups is 1. The Kier molecular flexibility index (Phi) is 3.37. The van der Waals surface area contributed by atoms with Crippen LogP contribution >= 0.6 is 0 Å². The fourth-order valence-corrected chi connectivity index (χ4v) is 4.56. The third-order valence-electron chi connectivity index (χ3n) is 4.07. The summed E-state index contributed by atoms with van der Waals surface area (Å²) < 4.78 is 26.5. The Morgan fingerprint density at radius 3 is 2.74 bits per heavy atom. The number of aliphatic hydroxyl groups excluding tert-OH is 1. The van der Waals surface area contributed by atoms with E-state index in [4.69, 9.17) is 0 Å². The van der Waals surface area contributed by atoms with Crippen LogP contribution in [0.4, 0.5) is 0 Å². The molecule has 19 heavy (non-hydrogen) atoms. The van der Waals surface area contributed by atoms with Gasteiger partial charge in [0.25, 0.3) is 0 Å². The fraction of sp³-hybridized carbons (Fsp3) is 0.571. The first-order chi connectivity index (χ1) is 9.07. The molecule has 104 valence electrons. The summed E-state index contributed by atoms with van der Waals surface area (Å²) in [5.41, 5.74) is 2.44. The Balaban J connectivity index is 1.91. The molecule has 1 aliphatic carbocycles. The lowest BCUT2D eigenvalue weighted by molar-refractivity contribution is 0.108. The molecule has 5 heteroatoms. The average molecular weight is 281 g/mol. The molecular weight excluding hydrogens is 262 g/mol. The summed E-state index contributed by atoms with van der Waals surface area (Å²) in [5.74, 6) is 0. The minimum absolute atomic E-state index is 0.222. The summed E-state index contributed by atoms with van der Waals surface area (Å²) in [4.78, 5) is 0.377. The zero-order chi connectivity index (χ0) is 13.5. The molecule has 0 bridgehead atoms. The quantitative estimate of drug-likeness (QED) is 0.889. The second-order valence-corrected chi connectivity index (χ2v) is 7.38. The zero-order valence-corrected chi connectivity index (χ0v) is 11.7. The van der Waals surface area contributed by atoms with Gasteiger partial charge in [0, 0.05) is 13.1 Å². The number of rotatable bonds is 2. The summed E-state index contributed by atoms with van der Waals surface area (Å²) in [7, 11) is -3.44. The molecule has 1 heterocycles. The highest BCUT2D eigenvalue weighted by molar-refractivity contribution is 7.89. The highest BCUT2D eigenvalue weighted by Gasteiger charge is 2.30. The van der Waals surface area contributed by atoms with Crippen molar-refractivity contribution in [3.8, 4) is 0 Å². The zero-order valence-electron chi connectivity index (χ0n) is 10.9. The maximum atomic E-state index is 12.5. The van der Waals surface area contributed by atoms with E-state index in [0.717, 1.165) is 25.7 Å². The van der Waals surface area contributed by atoms with Crippen LogP contribution in [-0.4, -0.2) is 37.0 Å². The molecule has 1 aromatic carbocycles. The molecule has 1 aliphatic heterocycles. The third-order valence-corrected chi connectivity index (χ3v) is 5.93. The second-order valence-electron chi connectivity index (χ2n) is 5.44. The molecule has 3 rings (SSSR count). The van der Waals surface area contributed by atoms with Crippen molar-refractivity contribution in [2.24, 2.45) is 0 Å². The lowest BCUT2D eigenvalue weighted by atomic mass is 10.1. The van der Waals surface area contributed by atoms with Crippen LogP contribution in [0, 0.1) is 0 Å². The molecule has 4 nitrogen and oxygen atoms in total. The standard InChI is InChI=1S/C14H19NO3S/c16-13-5-2-8-15(10-13)19(17,18)14-7-6-11-3-1-4-12(11)9-14/h6-7,9,13,16H,1-5,8,10H2/t13-/m0/s1. The van der Waals surface area contributed by atoms with E-state index in [1.807, 2.05) is 12.1 Å². The van der Waals surface area contributed by atoms with Gasteiger partial charge >= 0.3 is 0 Å². The minimum atomic E-state index is -3.44. The molecule has 1 saturated heterocycles. The van der Waals surface area contributed by atoms with E-state index in [1.165, 1.54) is 15.4 Å². The van der Waals surface area contributed by atoms with Crippen molar-refractivity contribution >= 4 is 10.0 Å². The monoisotopic (exact) mass is 281 g/mol. The normalized spacial score (nSPS) is 24.4. The number of sulfonamides is 1. The van der Waals surface area contributed by atoms with Crippen LogP contribution in [0.2, 0.25) is 0 Å². The van der Waals surface area contributed by atoms with E-state index in [0.29, 0.717) is 17.9 Å². The van der Waals surface area contributed by atoms with E-state index >= 15 is 0 Å². The van der Waals surface area contributed by atoms with Gasteiger partial charge in [-0.1, -0.05) is 6.07 Å². The van der Waals surface area contributed by atoms with Gasteiger partial charge in [0.1, 0.15) is 0 Å². The molecule has 0 radical (unpaired) electrons. The molecular formula is C14H19NO3S. The first-order valence-electron chi connectivity index (χ1n) is 6.87. The van der Waals surface area contributed by atoms with Crippen molar-refractivity contribution in [2.45, 2.75) is 43.1 Å². The predicted octanol–water partition coefficient (Wildman–Crippen LogP) is 1.32. The average Bonchev–Trinajstić information content (AvgIpc) is 2.85. The highest BCUT2D eigenvalue weighted by Crippen LogP contribution is 2.27. The Morgan fingerprint density at radius 2 is 1.95 bits per heavy atom. The van der Waals surface area contributed by atoms with Gasteiger partial charge in [-0.3, -0.25) is 0 Å². The molecule has 2 aliphatic rings. The van der Waals surface area contributed by atoms with Gasteiger partial charge in [-0.15, -0.1) is 0 Å². The van der Waals surface area contributed by atoms with Crippen LogP contribution in [-0.2, 0) is 22.9 Å². The first kappa shape index (κ1) is 13.1. The van der Waals surface area contributed by atoms with E-state index < -0.39 is 16.1 Å². The van der Waals surface area contributed by atoms with Crippen LogP contribution in [0.25, 0.3) is 0 Å². The number of piperidine rings is 1. The molecule has 0 aromatic heterocycles. The lowest BCUT2D eigenvalue weighted by Crippen LogP contribution is -2.42. The maximum absolute atomic E-state index is 12.5. The van der Waals surface area contributed by atoms with Gasteiger partial charge in [0.15, 0.2) is 0 Å². The topological polar surface area (TPSA) is 57.6 Å². The van der Waals surface area contributed by atoms with E-state index in [-0.39, 0.29) is 6.54 Å². The van der Waals surface area contributed by atoms with Gasteiger partial charge in [-0.2, -0.15) is 4.31 Å². The molecule has 0 spiro atoms. The summed E-state index contributed by atoms with van der Waals surface area (Å²) in [6.07, 6.45) is 4.03. The summed E-state index contributed by atoms with van der Waals surface area (Å²) in [5, 5.41) is 9.64. The molecule has 1 atom stereocenters. The van der Waals surface area contributed by atoms with Crippen molar-refractivity contribution < 1.29 is 13.5 Å². The smallest absolute Gasteiger partial charge is 0.243 e. The van der Waals surface area contributed by atoms with Crippen molar-refractivity contribution in [2.75, 3.05) is 13.1 Å². The van der Waals surface area contributed by atoms with Crippen molar-refractivity contribution in [1.82, 2.24) is 4.31 Å². The summed E-state index contributed by atoms with van der Waals surface area (Å²) in [6.45, 7) is 0.732. The van der Waals surface area contributed by atoms with E-state index in [9.17, 15) is 13.5 Å². The lowest BCUT2D eigenvalue weighted by Gasteiger charge is -2.29. The number of hydrogen-bond acceptors (Lipinski definition) is 3. The molecule has 1 N–H and O–H groups in total. The molecule has 0 unspecified atom stereocenters. The Hall–Kier alpha value is -0.910. The van der Waals surface area contributed by atoms with Gasteiger partial charge in [-0.25, -0.2) is 8.42 Å². The number of benzene rings is 1. The van der Waals surface area contributed by atoms with Gasteiger partial charge in [-0.05, 0) is 55.4 Å². The predicted molar refractivity (Wildman–Crippen MR) is 72.5 cm³/mol. The van der Waals surface area contributed by atoms with Gasteiger partial charge in [0.05, 0.1) is 11.0 Å². The number of fused-ring (bicyclic) bond motifs is 1.